The molecule has 0 fully saturated rings. The maximum absolute atomic E-state index is 12.4. The standard InChI is InChI=1S/C14H9ClF3NO2/c15-12-6-5-10(20)7-11(12)13(21)19-9-3-1-8(2-4-9)14(16,17)18/h1-7,20H,(H,19,21). The van der Waals surface area contributed by atoms with Crippen LogP contribution in [0.4, 0.5) is 18.9 Å². The van der Waals surface area contributed by atoms with Gasteiger partial charge in [-0.05, 0) is 42.5 Å². The Bertz CT molecular complexity index is 669. The molecule has 110 valence electrons. The number of alkyl halides is 3. The van der Waals surface area contributed by atoms with Crippen molar-refractivity contribution in [2.45, 2.75) is 6.18 Å². The van der Waals surface area contributed by atoms with Gasteiger partial charge in [0.05, 0.1) is 16.1 Å². The first-order valence-corrected chi connectivity index (χ1v) is 6.12. The summed E-state index contributed by atoms with van der Waals surface area (Å²) in [7, 11) is 0. The number of aromatic hydroxyl groups is 1. The van der Waals surface area contributed by atoms with Crippen LogP contribution in [-0.2, 0) is 6.18 Å². The van der Waals surface area contributed by atoms with Gasteiger partial charge in [-0.1, -0.05) is 11.6 Å². The number of halogens is 4. The van der Waals surface area contributed by atoms with Crippen molar-refractivity contribution in [3.63, 3.8) is 0 Å². The van der Waals surface area contributed by atoms with E-state index in [0.717, 1.165) is 24.3 Å². The molecule has 0 saturated carbocycles. The molecular formula is C14H9ClF3NO2. The van der Waals surface area contributed by atoms with Crippen LogP contribution in [0.15, 0.2) is 42.5 Å². The van der Waals surface area contributed by atoms with E-state index in [-0.39, 0.29) is 22.0 Å². The zero-order chi connectivity index (χ0) is 15.6. The van der Waals surface area contributed by atoms with Crippen molar-refractivity contribution >= 4 is 23.2 Å². The predicted molar refractivity (Wildman–Crippen MR) is 72.5 cm³/mol. The third kappa shape index (κ3) is 3.66. The molecule has 21 heavy (non-hydrogen) atoms. The molecule has 0 aliphatic rings. The normalized spacial score (nSPS) is 11.2. The molecule has 0 aliphatic heterocycles. The second-order valence-corrected chi connectivity index (χ2v) is 4.60. The van der Waals surface area contributed by atoms with Gasteiger partial charge in [0.15, 0.2) is 0 Å². The highest BCUT2D eigenvalue weighted by atomic mass is 35.5. The van der Waals surface area contributed by atoms with E-state index in [0.29, 0.717) is 0 Å². The minimum Gasteiger partial charge on any atom is -0.508 e. The number of hydrogen-bond acceptors (Lipinski definition) is 2. The molecule has 0 radical (unpaired) electrons. The largest absolute Gasteiger partial charge is 0.508 e. The maximum Gasteiger partial charge on any atom is 0.416 e. The van der Waals surface area contributed by atoms with Crippen LogP contribution in [0.5, 0.6) is 5.75 Å². The highest BCUT2D eigenvalue weighted by Gasteiger charge is 2.30. The Morgan fingerprint density at radius 2 is 1.71 bits per heavy atom. The summed E-state index contributed by atoms with van der Waals surface area (Å²) in [5, 5.41) is 11.8. The van der Waals surface area contributed by atoms with Crippen molar-refractivity contribution in [1.29, 1.82) is 0 Å². The van der Waals surface area contributed by atoms with Crippen LogP contribution in [0.2, 0.25) is 5.02 Å². The van der Waals surface area contributed by atoms with Gasteiger partial charge in [-0.25, -0.2) is 0 Å². The van der Waals surface area contributed by atoms with E-state index >= 15 is 0 Å². The van der Waals surface area contributed by atoms with E-state index < -0.39 is 17.6 Å². The molecule has 0 unspecified atom stereocenters. The van der Waals surface area contributed by atoms with E-state index in [9.17, 15) is 23.1 Å². The Morgan fingerprint density at radius 1 is 1.10 bits per heavy atom. The van der Waals surface area contributed by atoms with Crippen molar-refractivity contribution < 1.29 is 23.1 Å². The number of amides is 1. The summed E-state index contributed by atoms with van der Waals surface area (Å²) in [6.07, 6.45) is -4.43. The van der Waals surface area contributed by atoms with E-state index in [2.05, 4.69) is 5.32 Å². The Balaban J connectivity index is 2.18. The summed E-state index contributed by atoms with van der Waals surface area (Å²) in [6, 6.07) is 7.83. The lowest BCUT2D eigenvalue weighted by atomic mass is 10.1. The molecule has 2 aromatic carbocycles. The quantitative estimate of drug-likeness (QED) is 0.867. The monoisotopic (exact) mass is 315 g/mol. The molecule has 2 N–H and O–H groups in total. The first-order chi connectivity index (χ1) is 9.77. The van der Waals surface area contributed by atoms with Gasteiger partial charge in [0.25, 0.3) is 5.91 Å². The third-order valence-corrected chi connectivity index (χ3v) is 2.99. The zero-order valence-electron chi connectivity index (χ0n) is 10.4. The number of carbonyl (C=O) groups excluding carboxylic acids is 1. The molecule has 0 atom stereocenters. The maximum atomic E-state index is 12.4. The van der Waals surface area contributed by atoms with Crippen LogP contribution in [-0.4, -0.2) is 11.0 Å². The number of anilines is 1. The van der Waals surface area contributed by atoms with Gasteiger partial charge >= 0.3 is 6.18 Å². The number of phenols is 1. The first kappa shape index (κ1) is 15.2. The van der Waals surface area contributed by atoms with E-state index in [1.165, 1.54) is 18.2 Å². The Morgan fingerprint density at radius 3 is 2.29 bits per heavy atom. The number of carbonyl (C=O) groups is 1. The average Bonchev–Trinajstić information content (AvgIpc) is 2.41. The van der Waals surface area contributed by atoms with Crippen molar-refractivity contribution in [3.8, 4) is 5.75 Å². The molecule has 3 nitrogen and oxygen atoms in total. The molecule has 0 heterocycles. The van der Waals surface area contributed by atoms with Gasteiger partial charge in [0.1, 0.15) is 5.75 Å². The van der Waals surface area contributed by atoms with E-state index in [1.807, 2.05) is 0 Å². The Hall–Kier alpha value is -2.21. The molecule has 0 aliphatic carbocycles. The summed E-state index contributed by atoms with van der Waals surface area (Å²) in [6.45, 7) is 0. The number of phenolic OH excluding ortho intramolecular Hbond substituents is 1. The number of benzene rings is 2. The third-order valence-electron chi connectivity index (χ3n) is 2.66. The van der Waals surface area contributed by atoms with Gasteiger partial charge in [0.2, 0.25) is 0 Å². The zero-order valence-corrected chi connectivity index (χ0v) is 11.2. The van der Waals surface area contributed by atoms with Crippen molar-refractivity contribution in [1.82, 2.24) is 0 Å². The fourth-order valence-electron chi connectivity index (χ4n) is 1.63. The first-order valence-electron chi connectivity index (χ1n) is 5.74. The number of hydrogen-bond donors (Lipinski definition) is 2. The van der Waals surface area contributed by atoms with Gasteiger partial charge < -0.3 is 10.4 Å². The van der Waals surface area contributed by atoms with Crippen LogP contribution in [0.25, 0.3) is 0 Å². The molecule has 2 rings (SSSR count). The highest BCUT2D eigenvalue weighted by molar-refractivity contribution is 6.34. The topological polar surface area (TPSA) is 49.3 Å². The van der Waals surface area contributed by atoms with Gasteiger partial charge in [0, 0.05) is 5.69 Å². The van der Waals surface area contributed by atoms with Crippen LogP contribution in [0.1, 0.15) is 15.9 Å². The molecule has 2 aromatic rings. The molecule has 7 heteroatoms. The lowest BCUT2D eigenvalue weighted by Crippen LogP contribution is -2.13. The summed E-state index contributed by atoms with van der Waals surface area (Å²) in [5.74, 6) is -0.771. The minimum absolute atomic E-state index is 0.0246. The molecule has 0 saturated heterocycles. The number of rotatable bonds is 2. The smallest absolute Gasteiger partial charge is 0.416 e. The van der Waals surface area contributed by atoms with Gasteiger partial charge in [-0.2, -0.15) is 13.2 Å². The molecule has 0 aromatic heterocycles. The van der Waals surface area contributed by atoms with Crippen LogP contribution in [0.3, 0.4) is 0 Å². The SMILES string of the molecule is O=C(Nc1ccc(C(F)(F)F)cc1)c1cc(O)ccc1Cl. The lowest BCUT2D eigenvalue weighted by molar-refractivity contribution is -0.137. The fourth-order valence-corrected chi connectivity index (χ4v) is 1.83. The second kappa shape index (κ2) is 5.65. The van der Waals surface area contributed by atoms with Crippen molar-refractivity contribution in [2.75, 3.05) is 5.32 Å². The molecule has 0 bridgehead atoms. The van der Waals surface area contributed by atoms with Crippen LogP contribution in [0, 0.1) is 0 Å². The number of nitrogens with one attached hydrogen (secondary N) is 1. The van der Waals surface area contributed by atoms with Gasteiger partial charge in [-0.15, -0.1) is 0 Å². The van der Waals surface area contributed by atoms with E-state index in [4.69, 9.17) is 11.6 Å². The summed E-state index contributed by atoms with van der Waals surface area (Å²) in [4.78, 5) is 11.9. The van der Waals surface area contributed by atoms with Crippen molar-refractivity contribution in [2.24, 2.45) is 0 Å². The Kier molecular flexibility index (Phi) is 4.09. The van der Waals surface area contributed by atoms with Crippen molar-refractivity contribution in [3.05, 3.63) is 58.6 Å². The average molecular weight is 316 g/mol. The summed E-state index contributed by atoms with van der Waals surface area (Å²) in [5.41, 5.74) is -0.597. The lowest BCUT2D eigenvalue weighted by Gasteiger charge is -2.09. The summed E-state index contributed by atoms with van der Waals surface area (Å²) >= 11 is 5.82. The Labute approximate surface area is 123 Å². The molecule has 1 amide bonds. The second-order valence-electron chi connectivity index (χ2n) is 4.19. The minimum atomic E-state index is -4.43. The molecular weight excluding hydrogens is 307 g/mol. The van der Waals surface area contributed by atoms with E-state index in [1.54, 1.807) is 0 Å². The molecule has 0 spiro atoms. The van der Waals surface area contributed by atoms with Gasteiger partial charge in [-0.3, -0.25) is 4.79 Å². The summed E-state index contributed by atoms with van der Waals surface area (Å²) < 4.78 is 37.2. The highest BCUT2D eigenvalue weighted by Crippen LogP contribution is 2.30. The van der Waals surface area contributed by atoms with Crippen LogP contribution >= 0.6 is 11.6 Å². The fraction of sp³-hybridized carbons (Fsp3) is 0.0714. The van der Waals surface area contributed by atoms with Crippen LogP contribution < -0.4 is 5.32 Å². The predicted octanol–water partition coefficient (Wildman–Crippen LogP) is 4.32.